The minimum Gasteiger partial charge on any atom is -0.493 e. The van der Waals surface area contributed by atoms with Crippen LogP contribution >= 0.6 is 11.6 Å². The summed E-state index contributed by atoms with van der Waals surface area (Å²) in [7, 11) is 1.57. The summed E-state index contributed by atoms with van der Waals surface area (Å²) in [5.41, 5.74) is 2.36. The molecule has 0 spiro atoms. The molecule has 9 heteroatoms. The molecule has 0 N–H and O–H groups in total. The normalized spacial score (nSPS) is 11.0. The average molecular weight is 468 g/mol. The van der Waals surface area contributed by atoms with Gasteiger partial charge in [0.1, 0.15) is 12.4 Å². The highest BCUT2D eigenvalue weighted by atomic mass is 35.5. The highest BCUT2D eigenvalue weighted by Gasteiger charge is 2.09. The predicted octanol–water partition coefficient (Wildman–Crippen LogP) is 5.67. The van der Waals surface area contributed by atoms with Crippen LogP contribution in [0.25, 0.3) is 11.5 Å². The van der Waals surface area contributed by atoms with Crippen molar-refractivity contribution in [3.8, 4) is 23.0 Å². The lowest BCUT2D eigenvalue weighted by molar-refractivity contribution is 0.112. The first-order valence-electron chi connectivity index (χ1n) is 9.89. The first-order valence-corrected chi connectivity index (χ1v) is 10.3. The van der Waals surface area contributed by atoms with Crippen LogP contribution in [0.3, 0.4) is 0 Å². The van der Waals surface area contributed by atoms with E-state index in [1.165, 1.54) is 18.3 Å². The third-order valence-corrected chi connectivity index (χ3v) is 4.77. The van der Waals surface area contributed by atoms with Crippen molar-refractivity contribution < 1.29 is 23.1 Å². The lowest BCUT2D eigenvalue weighted by Gasteiger charge is -2.11. The molecule has 0 fully saturated rings. The van der Waals surface area contributed by atoms with Gasteiger partial charge in [-0.2, -0.15) is 0 Å². The molecule has 0 aliphatic rings. The van der Waals surface area contributed by atoms with Gasteiger partial charge in [-0.15, -0.1) is 10.2 Å². The molecule has 0 saturated carbocycles. The number of nitrogens with zero attached hydrogens (tertiary/aromatic N) is 3. The molecule has 1 heterocycles. The van der Waals surface area contributed by atoms with E-state index in [9.17, 15) is 4.39 Å². The Balaban J connectivity index is 1.31. The van der Waals surface area contributed by atoms with Crippen molar-refractivity contribution in [2.75, 3.05) is 7.11 Å². The minimum atomic E-state index is -0.339. The van der Waals surface area contributed by atoms with Gasteiger partial charge in [-0.3, -0.25) is 0 Å². The fourth-order valence-electron chi connectivity index (χ4n) is 2.84. The summed E-state index contributed by atoms with van der Waals surface area (Å²) in [5, 5.41) is 12.4. The molecule has 168 valence electrons. The quantitative estimate of drug-likeness (QED) is 0.233. The molecule has 0 aliphatic heterocycles. The summed E-state index contributed by atoms with van der Waals surface area (Å²) in [6, 6.07) is 18.6. The highest BCUT2D eigenvalue weighted by molar-refractivity contribution is 6.30. The number of hydrogen-bond acceptors (Lipinski definition) is 7. The summed E-state index contributed by atoms with van der Waals surface area (Å²) in [5.74, 6) is 1.35. The number of oxime groups is 1. The van der Waals surface area contributed by atoms with E-state index in [2.05, 4.69) is 15.4 Å². The Morgan fingerprint density at radius 1 is 0.970 bits per heavy atom. The topological polar surface area (TPSA) is 79.0 Å². The molecule has 0 bridgehead atoms. The molecular formula is C24H19ClFN3O4. The van der Waals surface area contributed by atoms with Crippen LogP contribution in [0, 0.1) is 5.82 Å². The largest absolute Gasteiger partial charge is 0.493 e. The van der Waals surface area contributed by atoms with Crippen LogP contribution in [-0.4, -0.2) is 23.5 Å². The van der Waals surface area contributed by atoms with Crippen molar-refractivity contribution in [2.45, 2.75) is 13.2 Å². The van der Waals surface area contributed by atoms with E-state index in [0.717, 1.165) is 11.1 Å². The maximum absolute atomic E-state index is 13.0. The van der Waals surface area contributed by atoms with Crippen LogP contribution in [0.15, 0.2) is 76.3 Å². The third kappa shape index (κ3) is 6.08. The Morgan fingerprint density at radius 3 is 2.52 bits per heavy atom. The lowest BCUT2D eigenvalue weighted by atomic mass is 10.2. The molecule has 33 heavy (non-hydrogen) atoms. The molecule has 3 aromatic carbocycles. The van der Waals surface area contributed by atoms with Crippen molar-refractivity contribution >= 4 is 17.8 Å². The fraction of sp³-hybridized carbons (Fsp3) is 0.125. The van der Waals surface area contributed by atoms with Crippen molar-refractivity contribution in [1.82, 2.24) is 10.2 Å². The molecular weight excluding hydrogens is 449 g/mol. The van der Waals surface area contributed by atoms with E-state index in [1.807, 2.05) is 30.3 Å². The van der Waals surface area contributed by atoms with Gasteiger partial charge in [0.25, 0.3) is 5.89 Å². The van der Waals surface area contributed by atoms with Gasteiger partial charge in [0.2, 0.25) is 5.89 Å². The Bertz CT molecular complexity index is 1230. The van der Waals surface area contributed by atoms with Crippen molar-refractivity contribution in [3.05, 3.63) is 94.6 Å². The maximum atomic E-state index is 13.0. The van der Waals surface area contributed by atoms with E-state index < -0.39 is 0 Å². The van der Waals surface area contributed by atoms with Crippen LogP contribution in [-0.2, 0) is 18.1 Å². The molecule has 4 aromatic rings. The second-order valence-electron chi connectivity index (χ2n) is 6.84. The lowest BCUT2D eigenvalue weighted by Crippen LogP contribution is -1.98. The number of rotatable bonds is 9. The van der Waals surface area contributed by atoms with Gasteiger partial charge >= 0.3 is 0 Å². The van der Waals surface area contributed by atoms with Crippen LogP contribution in [0.5, 0.6) is 11.5 Å². The molecule has 1 aromatic heterocycles. The Hall–Kier alpha value is -3.91. The second kappa shape index (κ2) is 10.6. The molecule has 4 rings (SSSR count). The summed E-state index contributed by atoms with van der Waals surface area (Å²) in [4.78, 5) is 5.24. The monoisotopic (exact) mass is 467 g/mol. The number of aromatic nitrogens is 2. The smallest absolute Gasteiger partial charge is 0.257 e. The first kappa shape index (κ1) is 22.3. The molecule has 0 atom stereocenters. The predicted molar refractivity (Wildman–Crippen MR) is 121 cm³/mol. The van der Waals surface area contributed by atoms with E-state index >= 15 is 0 Å². The van der Waals surface area contributed by atoms with Gasteiger partial charge in [0.15, 0.2) is 18.1 Å². The fourth-order valence-corrected chi connectivity index (χ4v) is 2.96. The van der Waals surface area contributed by atoms with Crippen LogP contribution < -0.4 is 9.47 Å². The van der Waals surface area contributed by atoms with Gasteiger partial charge < -0.3 is 18.7 Å². The molecule has 0 saturated heterocycles. The summed E-state index contributed by atoms with van der Waals surface area (Å²) < 4.78 is 29.8. The zero-order valence-electron chi connectivity index (χ0n) is 17.6. The van der Waals surface area contributed by atoms with E-state index in [4.69, 9.17) is 30.3 Å². The SMILES string of the molecule is COc1cc(/C=N/OCc2nnc(-c3ccc(F)cc3)o2)ccc1OCc1ccc(Cl)cc1. The van der Waals surface area contributed by atoms with Crippen molar-refractivity contribution in [3.63, 3.8) is 0 Å². The summed E-state index contributed by atoms with van der Waals surface area (Å²) in [6.07, 6.45) is 1.53. The minimum absolute atomic E-state index is 0.00981. The molecule has 0 radical (unpaired) electrons. The van der Waals surface area contributed by atoms with E-state index in [0.29, 0.717) is 28.7 Å². The van der Waals surface area contributed by atoms with E-state index in [1.54, 1.807) is 31.4 Å². The molecule has 0 unspecified atom stereocenters. The van der Waals surface area contributed by atoms with Gasteiger partial charge in [0.05, 0.1) is 13.3 Å². The van der Waals surface area contributed by atoms with Crippen LogP contribution in [0.2, 0.25) is 5.02 Å². The van der Waals surface area contributed by atoms with Gasteiger partial charge in [0, 0.05) is 16.1 Å². The molecule has 7 nitrogen and oxygen atoms in total. The number of methoxy groups -OCH3 is 1. The van der Waals surface area contributed by atoms with Crippen molar-refractivity contribution in [2.24, 2.45) is 5.16 Å². The summed E-state index contributed by atoms with van der Waals surface area (Å²) >= 11 is 5.91. The summed E-state index contributed by atoms with van der Waals surface area (Å²) in [6.45, 7) is 0.373. The standard InChI is InChI=1S/C24H19ClFN3O4/c1-30-22-12-17(4-11-21(22)31-14-16-2-7-19(25)8-3-16)13-27-32-15-23-28-29-24(33-23)18-5-9-20(26)10-6-18/h2-13H,14-15H2,1H3/b27-13+. The number of halogens is 2. The van der Waals surface area contributed by atoms with Crippen LogP contribution in [0.4, 0.5) is 4.39 Å². The van der Waals surface area contributed by atoms with Gasteiger partial charge in [-0.05, 0) is 60.2 Å². The number of ether oxygens (including phenoxy) is 2. The molecule has 0 aliphatic carbocycles. The maximum Gasteiger partial charge on any atom is 0.257 e. The zero-order valence-corrected chi connectivity index (χ0v) is 18.3. The number of hydrogen-bond donors (Lipinski definition) is 0. The number of benzene rings is 3. The first-order chi connectivity index (χ1) is 16.1. The Labute approximate surface area is 194 Å². The van der Waals surface area contributed by atoms with E-state index in [-0.39, 0.29) is 24.2 Å². The second-order valence-corrected chi connectivity index (χ2v) is 7.28. The Kier molecular flexibility index (Phi) is 7.16. The van der Waals surface area contributed by atoms with Crippen LogP contribution in [0.1, 0.15) is 17.0 Å². The highest BCUT2D eigenvalue weighted by Crippen LogP contribution is 2.28. The molecule has 0 amide bonds. The van der Waals surface area contributed by atoms with Gasteiger partial charge in [-0.25, -0.2) is 4.39 Å². The zero-order chi connectivity index (χ0) is 23.0. The van der Waals surface area contributed by atoms with Gasteiger partial charge in [-0.1, -0.05) is 28.9 Å². The Morgan fingerprint density at radius 2 is 1.76 bits per heavy atom. The third-order valence-electron chi connectivity index (χ3n) is 4.52. The van der Waals surface area contributed by atoms with Crippen molar-refractivity contribution in [1.29, 1.82) is 0 Å². The average Bonchev–Trinajstić information content (AvgIpc) is 3.31.